The molecule has 0 radical (unpaired) electrons. The van der Waals surface area contributed by atoms with E-state index < -0.39 is 10.0 Å². The van der Waals surface area contributed by atoms with E-state index in [1.807, 2.05) is 24.3 Å². The van der Waals surface area contributed by atoms with Gasteiger partial charge in [-0.1, -0.05) is 29.8 Å². The molecule has 0 fully saturated rings. The van der Waals surface area contributed by atoms with E-state index in [0.29, 0.717) is 11.5 Å². The molecular formula is C17H16ClN3O2S2. The number of anilines is 2. The van der Waals surface area contributed by atoms with Gasteiger partial charge in [-0.3, -0.25) is 4.72 Å². The molecule has 0 unspecified atom stereocenters. The first kappa shape index (κ1) is 17.7. The number of halogens is 1. The average Bonchev–Trinajstić information content (AvgIpc) is 3.14. The predicted molar refractivity (Wildman–Crippen MR) is 103 cm³/mol. The van der Waals surface area contributed by atoms with Crippen molar-refractivity contribution in [1.29, 1.82) is 0 Å². The van der Waals surface area contributed by atoms with Gasteiger partial charge in [0.1, 0.15) is 10.0 Å². The number of aromatic nitrogens is 1. The smallest absolute Gasteiger partial charge is 0.271 e. The van der Waals surface area contributed by atoms with Gasteiger partial charge in [-0.15, -0.1) is 11.3 Å². The zero-order chi connectivity index (χ0) is 17.7. The third-order valence-electron chi connectivity index (χ3n) is 3.41. The molecule has 5 nitrogen and oxygen atoms in total. The SMILES string of the molecule is O=S(=O)(Nc1ccc(NCCc2ccc(Cl)cc2)nc1)c1cccs1. The van der Waals surface area contributed by atoms with Gasteiger partial charge in [0.15, 0.2) is 0 Å². The lowest BCUT2D eigenvalue weighted by atomic mass is 10.1. The van der Waals surface area contributed by atoms with Crippen LogP contribution in [0.15, 0.2) is 64.3 Å². The van der Waals surface area contributed by atoms with Crippen molar-refractivity contribution >= 4 is 44.5 Å². The molecule has 2 heterocycles. The fraction of sp³-hybridized carbons (Fsp3) is 0.118. The molecular weight excluding hydrogens is 378 g/mol. The zero-order valence-corrected chi connectivity index (χ0v) is 15.5. The molecule has 25 heavy (non-hydrogen) atoms. The molecule has 0 atom stereocenters. The van der Waals surface area contributed by atoms with Crippen LogP contribution in [0.25, 0.3) is 0 Å². The van der Waals surface area contributed by atoms with Crippen LogP contribution in [0.1, 0.15) is 5.56 Å². The monoisotopic (exact) mass is 393 g/mol. The van der Waals surface area contributed by atoms with E-state index in [1.54, 1.807) is 29.6 Å². The second kappa shape index (κ2) is 7.86. The van der Waals surface area contributed by atoms with Gasteiger partial charge in [0.25, 0.3) is 10.0 Å². The molecule has 130 valence electrons. The van der Waals surface area contributed by atoms with Gasteiger partial charge in [-0.2, -0.15) is 0 Å². The summed E-state index contributed by atoms with van der Waals surface area (Å²) in [5.41, 5.74) is 1.61. The van der Waals surface area contributed by atoms with Crippen molar-refractivity contribution in [1.82, 2.24) is 4.98 Å². The Balaban J connectivity index is 1.54. The van der Waals surface area contributed by atoms with E-state index in [-0.39, 0.29) is 4.21 Å². The highest BCUT2D eigenvalue weighted by atomic mass is 35.5. The number of rotatable bonds is 7. The molecule has 2 N–H and O–H groups in total. The molecule has 3 rings (SSSR count). The number of hydrogen-bond acceptors (Lipinski definition) is 5. The van der Waals surface area contributed by atoms with Crippen molar-refractivity contribution in [3.05, 3.63) is 70.7 Å². The van der Waals surface area contributed by atoms with Crippen LogP contribution in [0.4, 0.5) is 11.5 Å². The van der Waals surface area contributed by atoms with E-state index in [1.165, 1.54) is 23.1 Å². The Labute approximate surface area is 155 Å². The van der Waals surface area contributed by atoms with E-state index in [9.17, 15) is 8.42 Å². The van der Waals surface area contributed by atoms with Crippen LogP contribution in [0, 0.1) is 0 Å². The molecule has 0 saturated carbocycles. The normalized spacial score (nSPS) is 11.2. The van der Waals surface area contributed by atoms with Crippen molar-refractivity contribution in [2.45, 2.75) is 10.6 Å². The van der Waals surface area contributed by atoms with Crippen LogP contribution < -0.4 is 10.0 Å². The van der Waals surface area contributed by atoms with Crippen molar-refractivity contribution in [3.63, 3.8) is 0 Å². The third-order valence-corrected chi connectivity index (χ3v) is 6.44. The van der Waals surface area contributed by atoms with E-state index in [0.717, 1.165) is 18.0 Å². The summed E-state index contributed by atoms with van der Waals surface area (Å²) in [5.74, 6) is 0.688. The summed E-state index contributed by atoms with van der Waals surface area (Å²) in [7, 11) is -3.54. The maximum atomic E-state index is 12.1. The Kier molecular flexibility index (Phi) is 5.57. The largest absolute Gasteiger partial charge is 0.370 e. The van der Waals surface area contributed by atoms with E-state index in [2.05, 4.69) is 15.0 Å². The Bertz CT molecular complexity index is 910. The highest BCUT2D eigenvalue weighted by molar-refractivity contribution is 7.94. The lowest BCUT2D eigenvalue weighted by Gasteiger charge is -2.08. The van der Waals surface area contributed by atoms with Gasteiger partial charge in [0.05, 0.1) is 11.9 Å². The van der Waals surface area contributed by atoms with Gasteiger partial charge >= 0.3 is 0 Å². The molecule has 8 heteroatoms. The van der Waals surface area contributed by atoms with Crippen LogP contribution >= 0.6 is 22.9 Å². The van der Waals surface area contributed by atoms with Crippen LogP contribution in [0.5, 0.6) is 0 Å². The van der Waals surface area contributed by atoms with Crippen LogP contribution in [-0.2, 0) is 16.4 Å². The minimum atomic E-state index is -3.54. The van der Waals surface area contributed by atoms with Crippen molar-refractivity contribution in [2.24, 2.45) is 0 Å². The topological polar surface area (TPSA) is 71.1 Å². The van der Waals surface area contributed by atoms with E-state index >= 15 is 0 Å². The van der Waals surface area contributed by atoms with Crippen LogP contribution in [0.3, 0.4) is 0 Å². The fourth-order valence-electron chi connectivity index (χ4n) is 2.17. The number of thiophene rings is 1. The lowest BCUT2D eigenvalue weighted by molar-refractivity contribution is 0.603. The first-order chi connectivity index (χ1) is 12.0. The molecule has 1 aromatic carbocycles. The summed E-state index contributed by atoms with van der Waals surface area (Å²) >= 11 is 7.03. The minimum absolute atomic E-state index is 0.276. The molecule has 0 aliphatic heterocycles. The van der Waals surface area contributed by atoms with Crippen molar-refractivity contribution < 1.29 is 8.42 Å². The number of sulfonamides is 1. The first-order valence-corrected chi connectivity index (χ1v) is 10.3. The van der Waals surface area contributed by atoms with Crippen molar-refractivity contribution in [2.75, 3.05) is 16.6 Å². The van der Waals surface area contributed by atoms with Crippen molar-refractivity contribution in [3.8, 4) is 0 Å². The molecule has 0 bridgehead atoms. The summed E-state index contributed by atoms with van der Waals surface area (Å²) in [6.45, 7) is 0.717. The second-order valence-corrected chi connectivity index (χ2v) is 8.57. The quantitative estimate of drug-likeness (QED) is 0.629. The Morgan fingerprint density at radius 3 is 2.52 bits per heavy atom. The third kappa shape index (κ3) is 4.94. The first-order valence-electron chi connectivity index (χ1n) is 7.54. The van der Waals surface area contributed by atoms with Gasteiger partial charge in [-0.05, 0) is 47.7 Å². The average molecular weight is 394 g/mol. The van der Waals surface area contributed by atoms with Gasteiger partial charge in [-0.25, -0.2) is 13.4 Å². The number of nitrogens with zero attached hydrogens (tertiary/aromatic N) is 1. The molecule has 0 saturated heterocycles. The summed E-state index contributed by atoms with van der Waals surface area (Å²) < 4.78 is 27.1. The Morgan fingerprint density at radius 1 is 1.08 bits per heavy atom. The Morgan fingerprint density at radius 2 is 1.88 bits per heavy atom. The molecule has 0 aliphatic carbocycles. The van der Waals surface area contributed by atoms with Crippen LogP contribution in [-0.4, -0.2) is 19.9 Å². The summed E-state index contributed by atoms with van der Waals surface area (Å²) in [5, 5.41) is 5.65. The van der Waals surface area contributed by atoms with Gasteiger partial charge < -0.3 is 5.32 Å². The second-order valence-electron chi connectivity index (χ2n) is 5.27. The number of pyridine rings is 1. The number of nitrogens with one attached hydrogen (secondary N) is 2. The molecule has 3 aromatic rings. The molecule has 2 aromatic heterocycles. The lowest BCUT2D eigenvalue weighted by Crippen LogP contribution is -2.12. The summed E-state index contributed by atoms with van der Waals surface area (Å²) in [4.78, 5) is 4.23. The molecule has 0 spiro atoms. The predicted octanol–water partition coefficient (Wildman–Crippen LogP) is 4.25. The maximum Gasteiger partial charge on any atom is 0.271 e. The fourth-order valence-corrected chi connectivity index (χ4v) is 4.33. The summed E-state index contributed by atoms with van der Waals surface area (Å²) in [6, 6.07) is 14.4. The highest BCUT2D eigenvalue weighted by Gasteiger charge is 2.15. The number of hydrogen-bond donors (Lipinski definition) is 2. The van der Waals surface area contributed by atoms with Crippen LogP contribution in [0.2, 0.25) is 5.02 Å². The number of benzene rings is 1. The maximum absolute atomic E-state index is 12.1. The molecule has 0 aliphatic rings. The minimum Gasteiger partial charge on any atom is -0.370 e. The highest BCUT2D eigenvalue weighted by Crippen LogP contribution is 2.20. The van der Waals surface area contributed by atoms with Gasteiger partial charge in [0.2, 0.25) is 0 Å². The molecule has 0 amide bonds. The van der Waals surface area contributed by atoms with Gasteiger partial charge in [0, 0.05) is 11.6 Å². The zero-order valence-electron chi connectivity index (χ0n) is 13.1. The standard InChI is InChI=1S/C17H16ClN3O2S2/c18-14-5-3-13(4-6-14)9-10-19-16-8-7-15(12-20-16)21-25(22,23)17-2-1-11-24-17/h1-8,11-12,21H,9-10H2,(H,19,20). The Hall–Kier alpha value is -2.09. The van der Waals surface area contributed by atoms with E-state index in [4.69, 9.17) is 11.6 Å². The summed E-state index contributed by atoms with van der Waals surface area (Å²) in [6.07, 6.45) is 2.33.